The summed E-state index contributed by atoms with van der Waals surface area (Å²) in [5.41, 5.74) is -4.07. The van der Waals surface area contributed by atoms with Gasteiger partial charge in [0.2, 0.25) is 0 Å². The first kappa shape index (κ1) is 15.8. The smallest absolute Gasteiger partial charge is 0.306 e. The number of carbonyl (C=O) groups is 1. The van der Waals surface area contributed by atoms with Gasteiger partial charge in [0, 0.05) is 23.1 Å². The van der Waals surface area contributed by atoms with Crippen LogP contribution in [0.2, 0.25) is 0 Å². The van der Waals surface area contributed by atoms with Gasteiger partial charge in [0.05, 0.1) is 9.73 Å². The van der Waals surface area contributed by atoms with Gasteiger partial charge in [-0.2, -0.15) is 13.2 Å². The Morgan fingerprint density at radius 3 is 2.21 bits per heavy atom. The molecule has 0 heterocycles. The number of nitrogens with one attached hydrogen (secondary N) is 1. The summed E-state index contributed by atoms with van der Waals surface area (Å²) in [6.07, 6.45) is 2.60. The maximum atomic E-state index is 12.1. The first-order chi connectivity index (χ1) is 8.55. The normalized spacial score (nSPS) is 12.1. The molecule has 1 N–H and O–H groups in total. The van der Waals surface area contributed by atoms with Gasteiger partial charge in [-0.25, -0.2) is 9.00 Å². The molecule has 0 bridgehead atoms. The maximum absolute atomic E-state index is 12.1. The number of hydrogen-bond donors (Lipinski definition) is 1. The van der Waals surface area contributed by atoms with Crippen LogP contribution in [0, 0.1) is 0 Å². The summed E-state index contributed by atoms with van der Waals surface area (Å²) in [5, 5.41) is 2.31. The number of amides is 2. The second-order valence-electron chi connectivity index (χ2n) is 3.77. The molecule has 0 spiro atoms. The molecule has 1 rings (SSSR count). The highest BCUT2D eigenvalue weighted by molar-refractivity contribution is 8.00. The fraction of sp³-hybridized carbons (Fsp3) is 0.300. The summed E-state index contributed by atoms with van der Waals surface area (Å²) < 4.78 is 50.9. The van der Waals surface area contributed by atoms with Gasteiger partial charge < -0.3 is 5.32 Å². The van der Waals surface area contributed by atoms with Crippen LogP contribution in [0.25, 0.3) is 0 Å². The number of thioether (sulfide) groups is 1. The lowest BCUT2D eigenvalue weighted by Crippen LogP contribution is -2.09. The predicted octanol–water partition coefficient (Wildman–Crippen LogP) is 3.56. The van der Waals surface area contributed by atoms with Crippen molar-refractivity contribution in [3.8, 4) is 0 Å². The molecule has 0 unspecified atom stereocenters. The number of benzene rings is 1. The van der Waals surface area contributed by atoms with E-state index in [9.17, 15) is 22.2 Å². The molecule has 1 aromatic rings. The fourth-order valence-corrected chi connectivity index (χ4v) is 2.07. The molecule has 0 saturated heterocycles. The molecule has 0 radical (unpaired) electrons. The van der Waals surface area contributed by atoms with Crippen molar-refractivity contribution >= 4 is 33.2 Å². The molecule has 9 heteroatoms. The Hall–Kier alpha value is -1.22. The zero-order chi connectivity index (χ0) is 14.7. The predicted molar refractivity (Wildman–Crippen MR) is 69.8 cm³/mol. The Balaban J connectivity index is 2.73. The van der Waals surface area contributed by atoms with E-state index < -0.39 is 21.3 Å². The molecule has 0 aromatic heterocycles. The highest BCUT2D eigenvalue weighted by atomic mass is 32.2. The number of anilines is 1. The second-order valence-corrected chi connectivity index (χ2v) is 7.46. The highest BCUT2D eigenvalue weighted by Gasteiger charge is 2.28. The van der Waals surface area contributed by atoms with Gasteiger partial charge in [0.1, 0.15) is 0 Å². The van der Waals surface area contributed by atoms with Crippen LogP contribution in [-0.4, -0.2) is 28.3 Å². The van der Waals surface area contributed by atoms with Crippen molar-refractivity contribution in [1.82, 2.24) is 0 Å². The topological polar surface area (TPSA) is 58.5 Å². The van der Waals surface area contributed by atoms with E-state index in [-0.39, 0.29) is 22.3 Å². The molecule has 0 aliphatic heterocycles. The number of nitrogens with zero attached hydrogens (tertiary/aromatic N) is 1. The third-order valence-electron chi connectivity index (χ3n) is 1.64. The maximum Gasteiger partial charge on any atom is 0.446 e. The zero-order valence-corrected chi connectivity index (χ0v) is 11.7. The molecule has 2 amide bonds. The molecule has 0 saturated carbocycles. The van der Waals surface area contributed by atoms with Crippen LogP contribution in [-0.2, 0) is 9.73 Å². The van der Waals surface area contributed by atoms with Crippen molar-refractivity contribution in [2.75, 3.05) is 17.8 Å². The van der Waals surface area contributed by atoms with Crippen molar-refractivity contribution in [3.63, 3.8) is 0 Å². The Morgan fingerprint density at radius 1 is 1.26 bits per heavy atom. The minimum Gasteiger partial charge on any atom is -0.306 e. The first-order valence-electron chi connectivity index (χ1n) is 4.89. The molecule has 1 aromatic carbocycles. The Morgan fingerprint density at radius 2 is 1.79 bits per heavy atom. The van der Waals surface area contributed by atoms with Crippen LogP contribution < -0.4 is 5.32 Å². The monoisotopic (exact) mass is 312 g/mol. The lowest BCUT2D eigenvalue weighted by atomic mass is 10.3. The number of halogens is 3. The summed E-state index contributed by atoms with van der Waals surface area (Å²) in [4.78, 5) is 11.3. The molecule has 0 aliphatic rings. The van der Waals surface area contributed by atoms with Gasteiger partial charge in [-0.15, -0.1) is 4.36 Å². The molecular weight excluding hydrogens is 301 g/mol. The van der Waals surface area contributed by atoms with Crippen molar-refractivity contribution in [3.05, 3.63) is 24.3 Å². The second kappa shape index (κ2) is 5.83. The van der Waals surface area contributed by atoms with Crippen LogP contribution in [0.3, 0.4) is 0 Å². The van der Waals surface area contributed by atoms with Gasteiger partial charge in [-0.1, -0.05) is 0 Å². The first-order valence-corrected chi connectivity index (χ1v) is 8.04. The summed E-state index contributed by atoms with van der Waals surface area (Å²) in [7, 11) is -2.57. The van der Waals surface area contributed by atoms with Gasteiger partial charge in [0.15, 0.2) is 0 Å². The molecule has 0 aliphatic carbocycles. The van der Waals surface area contributed by atoms with Crippen molar-refractivity contribution in [1.29, 1.82) is 0 Å². The molecule has 19 heavy (non-hydrogen) atoms. The average molecular weight is 312 g/mol. The van der Waals surface area contributed by atoms with Crippen molar-refractivity contribution < 1.29 is 22.2 Å². The van der Waals surface area contributed by atoms with E-state index in [1.54, 1.807) is 0 Å². The summed E-state index contributed by atoms with van der Waals surface area (Å²) in [6.45, 7) is 0. The van der Waals surface area contributed by atoms with E-state index >= 15 is 0 Å². The van der Waals surface area contributed by atoms with Crippen LogP contribution in [0.5, 0.6) is 0 Å². The van der Waals surface area contributed by atoms with E-state index in [0.717, 1.165) is 0 Å². The highest BCUT2D eigenvalue weighted by Crippen LogP contribution is 2.36. The van der Waals surface area contributed by atoms with Crippen LogP contribution in [0.1, 0.15) is 0 Å². The largest absolute Gasteiger partial charge is 0.446 e. The van der Waals surface area contributed by atoms with Gasteiger partial charge >= 0.3 is 11.5 Å². The third-order valence-corrected chi connectivity index (χ3v) is 2.99. The molecule has 106 valence electrons. The van der Waals surface area contributed by atoms with E-state index in [0.29, 0.717) is 0 Å². The molecule has 0 atom stereocenters. The number of carbonyl (C=O) groups excluding carboxylic acids is 1. The standard InChI is InChI=1S/C10H11F3N2O2S2/c1-19(2,17)15-9(16)14-7-3-5-8(6-4-7)18-10(11,12)13/h3-6H,1-2H3,(H,14,16). The Labute approximate surface area is 113 Å². The minimum absolute atomic E-state index is 0.0113. The van der Waals surface area contributed by atoms with E-state index in [1.165, 1.54) is 36.8 Å². The lowest BCUT2D eigenvalue weighted by molar-refractivity contribution is -0.0328. The van der Waals surface area contributed by atoms with Crippen LogP contribution in [0.4, 0.5) is 23.7 Å². The number of alkyl halides is 3. The van der Waals surface area contributed by atoms with E-state index in [4.69, 9.17) is 0 Å². The SMILES string of the molecule is CS(C)(=O)=NC(=O)Nc1ccc(SC(F)(F)F)cc1. The van der Waals surface area contributed by atoms with Gasteiger partial charge in [0.25, 0.3) is 0 Å². The number of hydrogen-bond acceptors (Lipinski definition) is 3. The molecule has 0 fully saturated rings. The van der Waals surface area contributed by atoms with Gasteiger partial charge in [-0.05, 0) is 36.0 Å². The molecular formula is C10H11F3N2O2S2. The third kappa shape index (κ3) is 7.06. The van der Waals surface area contributed by atoms with Crippen molar-refractivity contribution in [2.45, 2.75) is 10.4 Å². The van der Waals surface area contributed by atoms with E-state index in [2.05, 4.69) is 9.68 Å². The summed E-state index contributed by atoms with van der Waals surface area (Å²) >= 11 is -0.244. The van der Waals surface area contributed by atoms with E-state index in [1.807, 2.05) is 0 Å². The van der Waals surface area contributed by atoms with Crippen molar-refractivity contribution in [2.24, 2.45) is 4.36 Å². The van der Waals surface area contributed by atoms with Crippen LogP contribution in [0.15, 0.2) is 33.5 Å². The summed E-state index contributed by atoms with van der Waals surface area (Å²) in [6, 6.07) is 4.28. The zero-order valence-electron chi connectivity index (χ0n) is 10.0. The fourth-order valence-electron chi connectivity index (χ4n) is 1.09. The Kier molecular flexibility index (Phi) is 4.86. The van der Waals surface area contributed by atoms with Gasteiger partial charge in [-0.3, -0.25) is 0 Å². The minimum atomic E-state index is -4.35. The lowest BCUT2D eigenvalue weighted by Gasteiger charge is -2.06. The summed E-state index contributed by atoms with van der Waals surface area (Å²) in [5.74, 6) is 0. The number of urea groups is 1. The van der Waals surface area contributed by atoms with Crippen LogP contribution >= 0.6 is 11.8 Å². The quantitative estimate of drug-likeness (QED) is 0.850. The molecule has 4 nitrogen and oxygen atoms in total. The average Bonchev–Trinajstić information content (AvgIpc) is 2.15. The number of rotatable bonds is 2. The Bertz CT molecular complexity index is 567.